The first-order valence-corrected chi connectivity index (χ1v) is 4.93. The minimum absolute atomic E-state index is 0.144. The zero-order valence-corrected chi connectivity index (χ0v) is 8.96. The van der Waals surface area contributed by atoms with Crippen molar-refractivity contribution in [2.45, 2.75) is 19.9 Å². The van der Waals surface area contributed by atoms with Gasteiger partial charge in [0.05, 0.1) is 18.7 Å². The highest BCUT2D eigenvalue weighted by Crippen LogP contribution is 1.93. The van der Waals surface area contributed by atoms with E-state index in [4.69, 9.17) is 5.11 Å². The van der Waals surface area contributed by atoms with Crippen LogP contribution in [0.1, 0.15) is 13.3 Å². The monoisotopic (exact) mass is 226 g/mol. The molecule has 7 heteroatoms. The van der Waals surface area contributed by atoms with Crippen molar-refractivity contribution in [2.75, 3.05) is 6.54 Å². The quantitative estimate of drug-likeness (QED) is 0.681. The fourth-order valence-electron chi connectivity index (χ4n) is 1.01. The van der Waals surface area contributed by atoms with Crippen LogP contribution in [0.25, 0.3) is 0 Å². The molecule has 1 aromatic heterocycles. The van der Waals surface area contributed by atoms with Crippen molar-refractivity contribution in [2.24, 2.45) is 5.92 Å². The maximum Gasteiger partial charge on any atom is 0.308 e. The zero-order valence-electron chi connectivity index (χ0n) is 8.96. The van der Waals surface area contributed by atoms with Crippen LogP contribution >= 0.6 is 0 Å². The molecule has 0 aliphatic rings. The molecule has 88 valence electrons. The van der Waals surface area contributed by atoms with Crippen LogP contribution in [-0.2, 0) is 16.1 Å². The van der Waals surface area contributed by atoms with Crippen LogP contribution in [0, 0.1) is 5.92 Å². The van der Waals surface area contributed by atoms with Gasteiger partial charge in [-0.3, -0.25) is 14.3 Å². The van der Waals surface area contributed by atoms with Crippen LogP contribution in [0.4, 0.5) is 0 Å². The molecule has 1 amide bonds. The number of aryl methyl sites for hydroxylation is 1. The molecule has 0 aliphatic carbocycles. The summed E-state index contributed by atoms with van der Waals surface area (Å²) in [6.07, 6.45) is 3.45. The molecular formula is C9H14N4O3. The van der Waals surface area contributed by atoms with E-state index < -0.39 is 11.9 Å². The summed E-state index contributed by atoms with van der Waals surface area (Å²) in [7, 11) is 0. The zero-order chi connectivity index (χ0) is 12.0. The largest absolute Gasteiger partial charge is 0.481 e. The molecule has 2 N–H and O–H groups in total. The minimum atomic E-state index is -0.920. The Morgan fingerprint density at radius 1 is 1.56 bits per heavy atom. The molecule has 0 fully saturated rings. The van der Waals surface area contributed by atoms with Crippen LogP contribution in [0.3, 0.4) is 0 Å². The van der Waals surface area contributed by atoms with Crippen molar-refractivity contribution in [1.82, 2.24) is 20.3 Å². The first-order valence-electron chi connectivity index (χ1n) is 4.93. The van der Waals surface area contributed by atoms with Crippen LogP contribution < -0.4 is 5.32 Å². The van der Waals surface area contributed by atoms with E-state index in [1.165, 1.54) is 6.20 Å². The molecule has 7 nitrogen and oxygen atoms in total. The SMILES string of the molecule is CC(CNC(=O)CCn1ccnn1)C(=O)O. The molecular weight excluding hydrogens is 212 g/mol. The first kappa shape index (κ1) is 12.2. The Kier molecular flexibility index (Phi) is 4.43. The number of hydrogen-bond donors (Lipinski definition) is 2. The molecule has 0 saturated heterocycles. The highest BCUT2D eigenvalue weighted by Gasteiger charge is 2.11. The van der Waals surface area contributed by atoms with Gasteiger partial charge in [-0.1, -0.05) is 12.1 Å². The number of hydrogen-bond acceptors (Lipinski definition) is 4. The van der Waals surface area contributed by atoms with Gasteiger partial charge in [0.2, 0.25) is 5.91 Å². The maximum absolute atomic E-state index is 11.3. The van der Waals surface area contributed by atoms with Gasteiger partial charge in [0.15, 0.2) is 0 Å². The Labute approximate surface area is 92.4 Å². The lowest BCUT2D eigenvalue weighted by atomic mass is 10.2. The number of carboxylic acid groups (broad SMARTS) is 1. The number of nitrogens with zero attached hydrogens (tertiary/aromatic N) is 3. The molecule has 1 aromatic rings. The van der Waals surface area contributed by atoms with Gasteiger partial charge in [-0.05, 0) is 0 Å². The molecule has 0 radical (unpaired) electrons. The smallest absolute Gasteiger partial charge is 0.308 e. The third-order valence-corrected chi connectivity index (χ3v) is 2.07. The number of carboxylic acids is 1. The molecule has 16 heavy (non-hydrogen) atoms. The topological polar surface area (TPSA) is 97.1 Å². The van der Waals surface area contributed by atoms with Gasteiger partial charge >= 0.3 is 5.97 Å². The van der Waals surface area contributed by atoms with E-state index in [9.17, 15) is 9.59 Å². The fraction of sp³-hybridized carbons (Fsp3) is 0.556. The molecule has 0 aromatic carbocycles. The predicted octanol–water partition coefficient (Wildman–Crippen LogP) is -0.495. The standard InChI is InChI=1S/C9H14N4O3/c1-7(9(15)16)6-10-8(14)2-4-13-5-3-11-12-13/h3,5,7H,2,4,6H2,1H3,(H,10,14)(H,15,16). The summed E-state index contributed by atoms with van der Waals surface area (Å²) in [5.74, 6) is -1.68. The average Bonchev–Trinajstić information content (AvgIpc) is 2.75. The van der Waals surface area contributed by atoms with E-state index in [2.05, 4.69) is 15.6 Å². The Morgan fingerprint density at radius 2 is 2.31 bits per heavy atom. The predicted molar refractivity (Wildman–Crippen MR) is 54.4 cm³/mol. The molecule has 0 saturated carbocycles. The Hall–Kier alpha value is -1.92. The molecule has 0 spiro atoms. The second-order valence-electron chi connectivity index (χ2n) is 3.46. The molecule has 1 atom stereocenters. The third-order valence-electron chi connectivity index (χ3n) is 2.07. The van der Waals surface area contributed by atoms with E-state index in [1.54, 1.807) is 17.8 Å². The molecule has 1 rings (SSSR count). The van der Waals surface area contributed by atoms with Gasteiger partial charge in [-0.15, -0.1) is 5.10 Å². The van der Waals surface area contributed by atoms with E-state index in [-0.39, 0.29) is 18.9 Å². The van der Waals surface area contributed by atoms with Gasteiger partial charge in [-0.2, -0.15) is 0 Å². The highest BCUT2D eigenvalue weighted by molar-refractivity contribution is 5.77. The number of carbonyl (C=O) groups is 2. The normalized spacial score (nSPS) is 12.1. The number of rotatable bonds is 6. The Bertz CT molecular complexity index is 350. The van der Waals surface area contributed by atoms with Crippen LogP contribution in [0.5, 0.6) is 0 Å². The summed E-state index contributed by atoms with van der Waals surface area (Å²) in [6.45, 7) is 2.12. The number of amides is 1. The minimum Gasteiger partial charge on any atom is -0.481 e. The average molecular weight is 226 g/mol. The molecule has 1 unspecified atom stereocenters. The van der Waals surface area contributed by atoms with Crippen LogP contribution in [-0.4, -0.2) is 38.5 Å². The van der Waals surface area contributed by atoms with Crippen molar-refractivity contribution in [3.63, 3.8) is 0 Å². The van der Waals surface area contributed by atoms with Gasteiger partial charge in [0.1, 0.15) is 0 Å². The summed E-state index contributed by atoms with van der Waals surface area (Å²) in [5.41, 5.74) is 0. The maximum atomic E-state index is 11.3. The van der Waals surface area contributed by atoms with Crippen LogP contribution in [0.2, 0.25) is 0 Å². The van der Waals surface area contributed by atoms with Gasteiger partial charge in [0, 0.05) is 19.2 Å². The second kappa shape index (κ2) is 5.84. The summed E-state index contributed by atoms with van der Waals surface area (Å²) in [6, 6.07) is 0. The summed E-state index contributed by atoms with van der Waals surface area (Å²) in [4.78, 5) is 21.8. The molecule has 0 aliphatic heterocycles. The molecule has 1 heterocycles. The first-order chi connectivity index (χ1) is 7.59. The van der Waals surface area contributed by atoms with E-state index in [0.717, 1.165) is 0 Å². The van der Waals surface area contributed by atoms with Crippen molar-refractivity contribution in [1.29, 1.82) is 0 Å². The number of carbonyl (C=O) groups excluding carboxylic acids is 1. The van der Waals surface area contributed by atoms with Crippen molar-refractivity contribution in [3.05, 3.63) is 12.4 Å². The lowest BCUT2D eigenvalue weighted by Crippen LogP contribution is -2.31. The van der Waals surface area contributed by atoms with E-state index >= 15 is 0 Å². The summed E-state index contributed by atoms with van der Waals surface area (Å²) < 4.78 is 1.54. The van der Waals surface area contributed by atoms with Gasteiger partial charge in [-0.25, -0.2) is 0 Å². The third kappa shape index (κ3) is 4.07. The van der Waals surface area contributed by atoms with Gasteiger partial charge < -0.3 is 10.4 Å². The molecule has 0 bridgehead atoms. The summed E-state index contributed by atoms with van der Waals surface area (Å²) in [5, 5.41) is 18.5. The van der Waals surface area contributed by atoms with Crippen molar-refractivity contribution in [3.8, 4) is 0 Å². The number of aromatic nitrogens is 3. The van der Waals surface area contributed by atoms with Crippen molar-refractivity contribution >= 4 is 11.9 Å². The summed E-state index contributed by atoms with van der Waals surface area (Å²) >= 11 is 0. The van der Waals surface area contributed by atoms with Crippen molar-refractivity contribution < 1.29 is 14.7 Å². The highest BCUT2D eigenvalue weighted by atomic mass is 16.4. The number of aliphatic carboxylic acids is 1. The van der Waals surface area contributed by atoms with Crippen LogP contribution in [0.15, 0.2) is 12.4 Å². The number of nitrogens with one attached hydrogen (secondary N) is 1. The Morgan fingerprint density at radius 3 is 2.88 bits per heavy atom. The van der Waals surface area contributed by atoms with Gasteiger partial charge in [0.25, 0.3) is 0 Å². The van der Waals surface area contributed by atoms with E-state index in [1.807, 2.05) is 0 Å². The second-order valence-corrected chi connectivity index (χ2v) is 3.46. The lowest BCUT2D eigenvalue weighted by Gasteiger charge is -2.08. The Balaban J connectivity index is 2.19. The fourth-order valence-corrected chi connectivity index (χ4v) is 1.01. The van der Waals surface area contributed by atoms with E-state index in [0.29, 0.717) is 6.54 Å². The lowest BCUT2D eigenvalue weighted by molar-refractivity contribution is -0.141.